The van der Waals surface area contributed by atoms with E-state index in [2.05, 4.69) is 68.0 Å². The van der Waals surface area contributed by atoms with Crippen molar-refractivity contribution in [3.05, 3.63) is 36.0 Å². The van der Waals surface area contributed by atoms with Crippen molar-refractivity contribution in [1.82, 2.24) is 9.88 Å². The zero-order valence-corrected chi connectivity index (χ0v) is 16.0. The Hall–Kier alpha value is -1.81. The number of aryl methyl sites for hydroxylation is 1. The van der Waals surface area contributed by atoms with E-state index in [1.54, 1.807) is 0 Å². The first-order chi connectivity index (χ1) is 12.0. The lowest BCUT2D eigenvalue weighted by Gasteiger charge is -2.22. The van der Waals surface area contributed by atoms with E-state index < -0.39 is 0 Å². The molecule has 2 rings (SSSR count). The molecule has 0 fully saturated rings. The normalized spacial score (nSPS) is 14.0. The van der Waals surface area contributed by atoms with Gasteiger partial charge in [0.1, 0.15) is 0 Å². The van der Waals surface area contributed by atoms with Crippen LogP contribution >= 0.6 is 0 Å². The standard InChI is InChI=1S/C21H32N2O2/c1-5-16(4)19(14-24)22-21(25)12-8-9-17-13-23(15(2)3)20-11-7-6-10-18(17)20/h6-7,10-11,13,15-16,19,24H,5,8-9,12,14H2,1-4H3,(H,22,25). The van der Waals surface area contributed by atoms with E-state index >= 15 is 0 Å². The lowest BCUT2D eigenvalue weighted by atomic mass is 9.99. The number of para-hydroxylation sites is 1. The Kier molecular flexibility index (Phi) is 7.06. The van der Waals surface area contributed by atoms with E-state index in [1.165, 1.54) is 16.5 Å². The molecule has 0 aliphatic heterocycles. The third-order valence-corrected chi connectivity index (χ3v) is 5.10. The maximum atomic E-state index is 12.2. The van der Waals surface area contributed by atoms with E-state index in [9.17, 15) is 9.90 Å². The molecule has 1 heterocycles. The van der Waals surface area contributed by atoms with Crippen molar-refractivity contribution in [2.45, 2.75) is 65.5 Å². The van der Waals surface area contributed by atoms with Crippen molar-refractivity contribution in [3.63, 3.8) is 0 Å². The number of carbonyl (C=O) groups excluding carboxylic acids is 1. The van der Waals surface area contributed by atoms with Crippen molar-refractivity contribution in [1.29, 1.82) is 0 Å². The highest BCUT2D eigenvalue weighted by atomic mass is 16.3. The van der Waals surface area contributed by atoms with Gasteiger partial charge in [-0.05, 0) is 44.2 Å². The fourth-order valence-corrected chi connectivity index (χ4v) is 3.27. The highest BCUT2D eigenvalue weighted by Crippen LogP contribution is 2.25. The summed E-state index contributed by atoms with van der Waals surface area (Å²) in [5.41, 5.74) is 2.56. The van der Waals surface area contributed by atoms with Gasteiger partial charge in [-0.15, -0.1) is 0 Å². The first kappa shape index (κ1) is 19.5. The number of benzene rings is 1. The number of fused-ring (bicyclic) bond motifs is 1. The predicted octanol–water partition coefficient (Wildman–Crippen LogP) is 4.07. The summed E-state index contributed by atoms with van der Waals surface area (Å²) >= 11 is 0. The number of hydrogen-bond acceptors (Lipinski definition) is 2. The number of hydrogen-bond donors (Lipinski definition) is 2. The molecule has 2 N–H and O–H groups in total. The molecule has 0 saturated carbocycles. The van der Waals surface area contributed by atoms with Crippen LogP contribution in [0.15, 0.2) is 30.5 Å². The molecule has 0 spiro atoms. The van der Waals surface area contributed by atoms with Gasteiger partial charge in [0.05, 0.1) is 12.6 Å². The number of rotatable bonds is 9. The maximum Gasteiger partial charge on any atom is 0.220 e. The van der Waals surface area contributed by atoms with Gasteiger partial charge in [-0.3, -0.25) is 4.79 Å². The molecule has 1 amide bonds. The molecule has 0 saturated heterocycles. The van der Waals surface area contributed by atoms with E-state index in [-0.39, 0.29) is 24.5 Å². The van der Waals surface area contributed by atoms with Gasteiger partial charge in [0, 0.05) is 29.6 Å². The summed E-state index contributed by atoms with van der Waals surface area (Å²) in [6.07, 6.45) is 5.37. The summed E-state index contributed by atoms with van der Waals surface area (Å²) in [7, 11) is 0. The summed E-state index contributed by atoms with van der Waals surface area (Å²) < 4.78 is 2.30. The van der Waals surface area contributed by atoms with Crippen molar-refractivity contribution >= 4 is 16.8 Å². The van der Waals surface area contributed by atoms with Crippen LogP contribution in [-0.2, 0) is 11.2 Å². The minimum atomic E-state index is -0.139. The van der Waals surface area contributed by atoms with Crippen molar-refractivity contribution in [2.75, 3.05) is 6.61 Å². The molecular formula is C21H32N2O2. The van der Waals surface area contributed by atoms with Crippen LogP contribution in [0.25, 0.3) is 10.9 Å². The first-order valence-corrected chi connectivity index (χ1v) is 9.46. The fraction of sp³-hybridized carbons (Fsp3) is 0.571. The zero-order chi connectivity index (χ0) is 18.4. The molecular weight excluding hydrogens is 312 g/mol. The van der Waals surface area contributed by atoms with Gasteiger partial charge in [-0.1, -0.05) is 38.5 Å². The third-order valence-electron chi connectivity index (χ3n) is 5.10. The maximum absolute atomic E-state index is 12.2. The molecule has 0 aliphatic carbocycles. The third kappa shape index (κ3) is 4.85. The molecule has 4 nitrogen and oxygen atoms in total. The zero-order valence-electron chi connectivity index (χ0n) is 16.0. The van der Waals surface area contributed by atoms with Crippen LogP contribution in [0.5, 0.6) is 0 Å². The minimum absolute atomic E-state index is 0.00260. The lowest BCUT2D eigenvalue weighted by Crippen LogP contribution is -2.41. The summed E-state index contributed by atoms with van der Waals surface area (Å²) in [6.45, 7) is 8.51. The molecule has 1 aromatic carbocycles. The summed E-state index contributed by atoms with van der Waals surface area (Å²) in [5.74, 6) is 0.324. The van der Waals surface area contributed by atoms with Gasteiger partial charge < -0.3 is 15.0 Å². The predicted molar refractivity (Wildman–Crippen MR) is 104 cm³/mol. The van der Waals surface area contributed by atoms with Gasteiger partial charge >= 0.3 is 0 Å². The Morgan fingerprint density at radius 1 is 1.24 bits per heavy atom. The molecule has 25 heavy (non-hydrogen) atoms. The summed E-state index contributed by atoms with van der Waals surface area (Å²) in [5, 5.41) is 13.7. The number of carbonyl (C=O) groups is 1. The van der Waals surface area contributed by atoms with Gasteiger partial charge in [0.25, 0.3) is 0 Å². The average molecular weight is 344 g/mol. The van der Waals surface area contributed by atoms with Crippen LogP contribution in [0.4, 0.5) is 0 Å². The van der Waals surface area contributed by atoms with E-state index in [0.717, 1.165) is 19.3 Å². The highest BCUT2D eigenvalue weighted by molar-refractivity contribution is 5.84. The number of aromatic nitrogens is 1. The van der Waals surface area contributed by atoms with E-state index in [1.807, 2.05) is 0 Å². The molecule has 2 unspecified atom stereocenters. The second-order valence-corrected chi connectivity index (χ2v) is 7.27. The number of aliphatic hydroxyl groups excluding tert-OH is 1. The SMILES string of the molecule is CCC(C)C(CO)NC(=O)CCCc1cn(C(C)C)c2ccccc12. The molecule has 1 aromatic heterocycles. The van der Waals surface area contributed by atoms with Crippen LogP contribution in [0.2, 0.25) is 0 Å². The van der Waals surface area contributed by atoms with Crippen LogP contribution in [-0.4, -0.2) is 28.2 Å². The van der Waals surface area contributed by atoms with Gasteiger partial charge in [-0.2, -0.15) is 0 Å². The largest absolute Gasteiger partial charge is 0.394 e. The van der Waals surface area contributed by atoms with Gasteiger partial charge in [0.2, 0.25) is 5.91 Å². The Morgan fingerprint density at radius 2 is 1.96 bits per heavy atom. The fourth-order valence-electron chi connectivity index (χ4n) is 3.27. The molecule has 0 bridgehead atoms. The molecule has 2 aromatic rings. The molecule has 2 atom stereocenters. The highest BCUT2D eigenvalue weighted by Gasteiger charge is 2.17. The average Bonchev–Trinajstić information content (AvgIpc) is 2.98. The van der Waals surface area contributed by atoms with E-state index in [4.69, 9.17) is 0 Å². The summed E-state index contributed by atoms with van der Waals surface area (Å²) in [6, 6.07) is 8.74. The van der Waals surface area contributed by atoms with Crippen molar-refractivity contribution < 1.29 is 9.90 Å². The van der Waals surface area contributed by atoms with Gasteiger partial charge in [-0.25, -0.2) is 0 Å². The van der Waals surface area contributed by atoms with Crippen LogP contribution in [0.1, 0.15) is 58.6 Å². The lowest BCUT2D eigenvalue weighted by molar-refractivity contribution is -0.122. The van der Waals surface area contributed by atoms with Crippen LogP contribution < -0.4 is 5.32 Å². The number of amides is 1. The smallest absolute Gasteiger partial charge is 0.220 e. The number of nitrogens with zero attached hydrogens (tertiary/aromatic N) is 1. The summed E-state index contributed by atoms with van der Waals surface area (Å²) in [4.78, 5) is 12.2. The molecule has 0 radical (unpaired) electrons. The minimum Gasteiger partial charge on any atom is -0.394 e. The number of nitrogens with one attached hydrogen (secondary N) is 1. The van der Waals surface area contributed by atoms with Crippen LogP contribution in [0, 0.1) is 5.92 Å². The first-order valence-electron chi connectivity index (χ1n) is 9.46. The van der Waals surface area contributed by atoms with Crippen LogP contribution in [0.3, 0.4) is 0 Å². The number of aliphatic hydroxyl groups is 1. The Labute approximate surface area is 151 Å². The second-order valence-electron chi connectivity index (χ2n) is 7.27. The van der Waals surface area contributed by atoms with Crippen molar-refractivity contribution in [2.24, 2.45) is 5.92 Å². The molecule has 138 valence electrons. The Bertz CT molecular complexity index is 690. The Morgan fingerprint density at radius 3 is 2.60 bits per heavy atom. The monoisotopic (exact) mass is 344 g/mol. The quantitative estimate of drug-likeness (QED) is 0.720. The molecule has 4 heteroatoms. The van der Waals surface area contributed by atoms with Crippen molar-refractivity contribution in [3.8, 4) is 0 Å². The molecule has 0 aliphatic rings. The second kappa shape index (κ2) is 9.04. The Balaban J connectivity index is 1.96. The van der Waals surface area contributed by atoms with E-state index in [0.29, 0.717) is 12.5 Å². The van der Waals surface area contributed by atoms with Gasteiger partial charge in [0.15, 0.2) is 0 Å². The topological polar surface area (TPSA) is 54.3 Å².